The first-order chi connectivity index (χ1) is 6.49. The van der Waals surface area contributed by atoms with Crippen LogP contribution in [0.15, 0.2) is 0 Å². The highest BCUT2D eigenvalue weighted by molar-refractivity contribution is 7.89. The normalized spacial score (nSPS) is 24.7. The van der Waals surface area contributed by atoms with Crippen LogP contribution in [0.1, 0.15) is 26.7 Å². The number of nitrogens with zero attached hydrogens (tertiary/aromatic N) is 1. The van der Waals surface area contributed by atoms with Gasteiger partial charge in [0.2, 0.25) is 10.0 Å². The number of hydrogen-bond acceptors (Lipinski definition) is 3. The van der Waals surface area contributed by atoms with Crippen LogP contribution in [-0.2, 0) is 10.0 Å². The van der Waals surface area contributed by atoms with Crippen LogP contribution in [-0.4, -0.2) is 42.8 Å². The zero-order chi connectivity index (χ0) is 10.8. The summed E-state index contributed by atoms with van der Waals surface area (Å²) in [6, 6.07) is 0.131. The van der Waals surface area contributed by atoms with Gasteiger partial charge in [-0.15, -0.1) is 0 Å². The molecule has 1 saturated heterocycles. The minimum atomic E-state index is -3.22. The predicted octanol–water partition coefficient (Wildman–Crippen LogP) is 0.429. The zero-order valence-electron chi connectivity index (χ0n) is 8.81. The van der Waals surface area contributed by atoms with Crippen molar-refractivity contribution in [3.8, 4) is 0 Å². The van der Waals surface area contributed by atoms with Gasteiger partial charge in [-0.1, -0.05) is 13.8 Å². The van der Waals surface area contributed by atoms with E-state index in [1.165, 1.54) is 0 Å². The number of aliphatic hydroxyl groups is 1. The number of hydrogen-bond donors (Lipinski definition) is 1. The second-order valence-electron chi connectivity index (χ2n) is 4.10. The van der Waals surface area contributed by atoms with Gasteiger partial charge in [0.15, 0.2) is 0 Å². The first-order valence-corrected chi connectivity index (χ1v) is 6.70. The quantitative estimate of drug-likeness (QED) is 0.749. The highest BCUT2D eigenvalue weighted by Gasteiger charge is 2.35. The van der Waals surface area contributed by atoms with Gasteiger partial charge >= 0.3 is 0 Å². The van der Waals surface area contributed by atoms with E-state index < -0.39 is 10.0 Å². The largest absolute Gasteiger partial charge is 0.395 e. The van der Waals surface area contributed by atoms with Crippen LogP contribution in [0.25, 0.3) is 0 Å². The molecule has 14 heavy (non-hydrogen) atoms. The fourth-order valence-corrected chi connectivity index (χ4v) is 3.64. The molecule has 1 aliphatic heterocycles. The molecule has 0 radical (unpaired) electrons. The van der Waals surface area contributed by atoms with E-state index >= 15 is 0 Å². The topological polar surface area (TPSA) is 57.6 Å². The smallest absolute Gasteiger partial charge is 0.216 e. The molecule has 0 amide bonds. The molecule has 1 atom stereocenters. The van der Waals surface area contributed by atoms with Crippen LogP contribution in [0.5, 0.6) is 0 Å². The minimum Gasteiger partial charge on any atom is -0.395 e. The number of aliphatic hydroxyl groups excluding tert-OH is 1. The molecule has 0 aromatic carbocycles. The first kappa shape index (κ1) is 11.9. The summed E-state index contributed by atoms with van der Waals surface area (Å²) < 4.78 is 25.0. The van der Waals surface area contributed by atoms with Crippen LogP contribution in [0.3, 0.4) is 0 Å². The van der Waals surface area contributed by atoms with Gasteiger partial charge in [-0.3, -0.25) is 0 Å². The number of sulfonamides is 1. The van der Waals surface area contributed by atoms with E-state index in [0.29, 0.717) is 12.5 Å². The van der Waals surface area contributed by atoms with Crippen LogP contribution in [0.4, 0.5) is 0 Å². The molecule has 0 aromatic heterocycles. The summed E-state index contributed by atoms with van der Waals surface area (Å²) in [7, 11) is -3.22. The molecule has 0 aliphatic carbocycles. The average Bonchev–Trinajstić information content (AvgIpc) is 2.51. The highest BCUT2D eigenvalue weighted by atomic mass is 32.2. The summed E-state index contributed by atoms with van der Waals surface area (Å²) in [6.07, 6.45) is 1.88. The lowest BCUT2D eigenvalue weighted by Crippen LogP contribution is -2.40. The maximum Gasteiger partial charge on any atom is 0.216 e. The monoisotopic (exact) mass is 221 g/mol. The average molecular weight is 221 g/mol. The van der Waals surface area contributed by atoms with Crippen molar-refractivity contribution < 1.29 is 13.5 Å². The van der Waals surface area contributed by atoms with Gasteiger partial charge < -0.3 is 5.11 Å². The third-order valence-corrected chi connectivity index (χ3v) is 4.59. The van der Waals surface area contributed by atoms with E-state index in [4.69, 9.17) is 5.11 Å². The van der Waals surface area contributed by atoms with Gasteiger partial charge in [0.1, 0.15) is 0 Å². The van der Waals surface area contributed by atoms with Gasteiger partial charge in [-0.25, -0.2) is 8.42 Å². The maximum absolute atomic E-state index is 11.7. The van der Waals surface area contributed by atoms with Gasteiger partial charge in [0.25, 0.3) is 0 Å². The van der Waals surface area contributed by atoms with Crippen molar-refractivity contribution in [3.05, 3.63) is 0 Å². The van der Waals surface area contributed by atoms with Gasteiger partial charge in [0.05, 0.1) is 12.4 Å². The molecule has 0 bridgehead atoms. The molecule has 1 N–H and O–H groups in total. The van der Waals surface area contributed by atoms with E-state index in [2.05, 4.69) is 0 Å². The molecule has 84 valence electrons. The summed E-state index contributed by atoms with van der Waals surface area (Å²) in [6.45, 7) is 4.41. The Kier molecular flexibility index (Phi) is 3.92. The summed E-state index contributed by atoms with van der Waals surface area (Å²) in [5, 5.41) is 8.68. The second kappa shape index (κ2) is 4.59. The maximum atomic E-state index is 11.7. The van der Waals surface area contributed by atoms with Gasteiger partial charge in [0, 0.05) is 12.6 Å². The molecular formula is C9H19NO3S. The summed E-state index contributed by atoms with van der Waals surface area (Å²) >= 11 is 0. The molecule has 0 aromatic rings. The Hall–Kier alpha value is -0.130. The molecule has 0 saturated carbocycles. The lowest BCUT2D eigenvalue weighted by atomic mass is 10.0. The SMILES string of the molecule is CC(C)C1CCCN1S(=O)(=O)CCO. The first-order valence-electron chi connectivity index (χ1n) is 5.09. The third kappa shape index (κ3) is 2.46. The van der Waals surface area contributed by atoms with Gasteiger partial charge in [-0.05, 0) is 18.8 Å². The molecule has 0 spiro atoms. The van der Waals surface area contributed by atoms with Crippen molar-refractivity contribution in [1.82, 2.24) is 4.31 Å². The second-order valence-corrected chi connectivity index (χ2v) is 6.15. The van der Waals surface area contributed by atoms with Crippen molar-refractivity contribution in [2.24, 2.45) is 5.92 Å². The lowest BCUT2D eigenvalue weighted by Gasteiger charge is -2.26. The molecule has 1 rings (SSSR count). The van der Waals surface area contributed by atoms with E-state index in [0.717, 1.165) is 12.8 Å². The Balaban J connectivity index is 2.76. The Morgan fingerprint density at radius 2 is 2.14 bits per heavy atom. The summed E-state index contributed by atoms with van der Waals surface area (Å²) in [4.78, 5) is 0. The minimum absolute atomic E-state index is 0.131. The standard InChI is InChI=1S/C9H19NO3S/c1-8(2)9-4-3-5-10(9)14(12,13)7-6-11/h8-9,11H,3-7H2,1-2H3. The van der Waals surface area contributed by atoms with Crippen LogP contribution >= 0.6 is 0 Å². The fraction of sp³-hybridized carbons (Fsp3) is 1.00. The summed E-state index contributed by atoms with van der Waals surface area (Å²) in [5.74, 6) is 0.210. The van der Waals surface area contributed by atoms with Crippen molar-refractivity contribution in [3.63, 3.8) is 0 Å². The van der Waals surface area contributed by atoms with Crippen molar-refractivity contribution in [2.75, 3.05) is 18.9 Å². The molecule has 1 fully saturated rings. The molecule has 1 unspecified atom stereocenters. The lowest BCUT2D eigenvalue weighted by molar-refractivity contribution is 0.297. The van der Waals surface area contributed by atoms with Crippen molar-refractivity contribution >= 4 is 10.0 Å². The number of rotatable bonds is 4. The van der Waals surface area contributed by atoms with Crippen molar-refractivity contribution in [2.45, 2.75) is 32.7 Å². The van der Waals surface area contributed by atoms with Crippen molar-refractivity contribution in [1.29, 1.82) is 0 Å². The van der Waals surface area contributed by atoms with E-state index in [-0.39, 0.29) is 18.4 Å². The molecule has 1 heterocycles. The Morgan fingerprint density at radius 1 is 1.50 bits per heavy atom. The van der Waals surface area contributed by atoms with E-state index in [1.807, 2.05) is 13.8 Å². The zero-order valence-corrected chi connectivity index (χ0v) is 9.63. The van der Waals surface area contributed by atoms with Gasteiger partial charge in [-0.2, -0.15) is 4.31 Å². The molecule has 4 nitrogen and oxygen atoms in total. The third-order valence-electron chi connectivity index (χ3n) is 2.72. The fourth-order valence-electron chi connectivity index (χ4n) is 2.01. The summed E-state index contributed by atoms with van der Waals surface area (Å²) in [5.41, 5.74) is 0. The van der Waals surface area contributed by atoms with E-state index in [9.17, 15) is 8.42 Å². The predicted molar refractivity (Wildman–Crippen MR) is 55.4 cm³/mol. The molecule has 1 aliphatic rings. The Morgan fingerprint density at radius 3 is 2.64 bits per heavy atom. The Bertz CT molecular complexity index is 274. The van der Waals surface area contributed by atoms with Crippen LogP contribution < -0.4 is 0 Å². The van der Waals surface area contributed by atoms with Crippen LogP contribution in [0, 0.1) is 5.92 Å². The Labute approximate surface area is 86.0 Å². The van der Waals surface area contributed by atoms with E-state index in [1.54, 1.807) is 4.31 Å². The highest BCUT2D eigenvalue weighted by Crippen LogP contribution is 2.26. The molecular weight excluding hydrogens is 202 g/mol. The molecule has 5 heteroatoms. The van der Waals surface area contributed by atoms with Crippen LogP contribution in [0.2, 0.25) is 0 Å².